The number of hydrogen-bond donors (Lipinski definition) is 2. The Kier molecular flexibility index (Phi) is 4.70. The minimum atomic E-state index is -0.843. The van der Waals surface area contributed by atoms with Crippen LogP contribution in [-0.2, 0) is 16.0 Å². The Morgan fingerprint density at radius 2 is 2.04 bits per heavy atom. The molecule has 1 aliphatic carbocycles. The maximum Gasteiger partial charge on any atom is 0.328 e. The number of nitrogens with one attached hydrogen (secondary N) is 1. The molecule has 1 heterocycles. The second-order valence-corrected chi connectivity index (χ2v) is 6.23. The lowest BCUT2D eigenvalue weighted by Gasteiger charge is -2.20. The SMILES string of the molecule is CC1c2ccccc2CC1OC(=O)[C@H](C)NC(=O)c1ncccc1O. The number of aromatic nitrogens is 1. The summed E-state index contributed by atoms with van der Waals surface area (Å²) < 4.78 is 5.60. The lowest BCUT2D eigenvalue weighted by atomic mass is 10.0. The molecular formula is C19H20N2O4. The summed E-state index contributed by atoms with van der Waals surface area (Å²) in [7, 11) is 0. The van der Waals surface area contributed by atoms with Crippen molar-refractivity contribution in [2.24, 2.45) is 0 Å². The van der Waals surface area contributed by atoms with Crippen LogP contribution in [0.4, 0.5) is 0 Å². The first-order chi connectivity index (χ1) is 12.0. The monoisotopic (exact) mass is 340 g/mol. The second kappa shape index (κ2) is 6.93. The van der Waals surface area contributed by atoms with E-state index >= 15 is 0 Å². The highest BCUT2D eigenvalue weighted by atomic mass is 16.5. The molecule has 2 aromatic rings. The quantitative estimate of drug-likeness (QED) is 0.833. The van der Waals surface area contributed by atoms with Gasteiger partial charge in [0.1, 0.15) is 17.9 Å². The predicted octanol–water partition coefficient (Wildman–Crippen LogP) is 2.18. The number of rotatable bonds is 4. The van der Waals surface area contributed by atoms with Crippen LogP contribution in [0.15, 0.2) is 42.6 Å². The minimum absolute atomic E-state index is 0.114. The third-order valence-corrected chi connectivity index (χ3v) is 4.49. The molecule has 0 aliphatic heterocycles. The van der Waals surface area contributed by atoms with Gasteiger partial charge in [-0.1, -0.05) is 31.2 Å². The van der Waals surface area contributed by atoms with Crippen LogP contribution in [0.25, 0.3) is 0 Å². The van der Waals surface area contributed by atoms with E-state index in [4.69, 9.17) is 4.74 Å². The number of aromatic hydroxyl groups is 1. The summed E-state index contributed by atoms with van der Waals surface area (Å²) in [5.41, 5.74) is 2.25. The molecule has 6 heteroatoms. The average molecular weight is 340 g/mol. The molecule has 1 aromatic carbocycles. The normalized spacial score (nSPS) is 19.8. The van der Waals surface area contributed by atoms with Crippen molar-refractivity contribution in [3.8, 4) is 5.75 Å². The molecular weight excluding hydrogens is 320 g/mol. The summed E-state index contributed by atoms with van der Waals surface area (Å²) in [6, 6.07) is 10.1. The number of hydrogen-bond acceptors (Lipinski definition) is 5. The van der Waals surface area contributed by atoms with Gasteiger partial charge < -0.3 is 15.2 Å². The highest BCUT2D eigenvalue weighted by molar-refractivity contribution is 5.97. The third-order valence-electron chi connectivity index (χ3n) is 4.49. The van der Waals surface area contributed by atoms with Gasteiger partial charge >= 0.3 is 5.97 Å². The molecule has 2 N–H and O–H groups in total. The van der Waals surface area contributed by atoms with Crippen LogP contribution >= 0.6 is 0 Å². The molecule has 0 fully saturated rings. The number of fused-ring (bicyclic) bond motifs is 1. The molecule has 3 rings (SSSR count). The minimum Gasteiger partial charge on any atom is -0.505 e. The van der Waals surface area contributed by atoms with Gasteiger partial charge in [0.05, 0.1) is 0 Å². The van der Waals surface area contributed by atoms with E-state index in [1.165, 1.54) is 29.5 Å². The van der Waals surface area contributed by atoms with Crippen LogP contribution in [0.2, 0.25) is 0 Å². The lowest BCUT2D eigenvalue weighted by Crippen LogP contribution is -2.41. The van der Waals surface area contributed by atoms with Gasteiger partial charge in [-0.2, -0.15) is 0 Å². The van der Waals surface area contributed by atoms with Crippen LogP contribution in [-0.4, -0.2) is 34.1 Å². The molecule has 1 aromatic heterocycles. The van der Waals surface area contributed by atoms with E-state index in [-0.39, 0.29) is 23.5 Å². The van der Waals surface area contributed by atoms with Crippen molar-refractivity contribution in [1.29, 1.82) is 0 Å². The van der Waals surface area contributed by atoms with Gasteiger partial charge in [0, 0.05) is 18.5 Å². The lowest BCUT2D eigenvalue weighted by molar-refractivity contribution is -0.151. The van der Waals surface area contributed by atoms with Gasteiger partial charge in [-0.05, 0) is 30.2 Å². The number of benzene rings is 1. The highest BCUT2D eigenvalue weighted by Gasteiger charge is 2.33. The van der Waals surface area contributed by atoms with Crippen molar-refractivity contribution >= 4 is 11.9 Å². The molecule has 25 heavy (non-hydrogen) atoms. The van der Waals surface area contributed by atoms with E-state index < -0.39 is 17.9 Å². The maximum atomic E-state index is 12.3. The molecule has 0 saturated carbocycles. The molecule has 0 spiro atoms. The number of carbonyl (C=O) groups is 2. The van der Waals surface area contributed by atoms with Crippen molar-refractivity contribution < 1.29 is 19.4 Å². The number of nitrogens with zero attached hydrogens (tertiary/aromatic N) is 1. The molecule has 1 amide bonds. The molecule has 1 aliphatic rings. The fraction of sp³-hybridized carbons (Fsp3) is 0.316. The largest absolute Gasteiger partial charge is 0.505 e. The number of ether oxygens (including phenoxy) is 1. The van der Waals surface area contributed by atoms with Gasteiger partial charge in [-0.3, -0.25) is 4.79 Å². The summed E-state index contributed by atoms with van der Waals surface area (Å²) in [6.07, 6.45) is 1.83. The smallest absolute Gasteiger partial charge is 0.328 e. The standard InChI is InChI=1S/C19H20N2O4/c1-11-14-7-4-3-6-13(14)10-16(11)25-19(24)12(2)21-18(23)17-15(22)8-5-9-20-17/h3-9,11-12,16,22H,10H2,1-2H3,(H,21,23)/t11?,12-,16?/m0/s1. The van der Waals surface area contributed by atoms with E-state index in [9.17, 15) is 14.7 Å². The molecule has 0 bridgehead atoms. The third kappa shape index (κ3) is 3.47. The first-order valence-corrected chi connectivity index (χ1v) is 8.20. The van der Waals surface area contributed by atoms with Gasteiger partial charge in [-0.25, -0.2) is 9.78 Å². The Bertz CT molecular complexity index is 806. The maximum absolute atomic E-state index is 12.3. The molecule has 2 unspecified atom stereocenters. The van der Waals surface area contributed by atoms with Crippen LogP contribution in [0.1, 0.15) is 41.4 Å². The van der Waals surface area contributed by atoms with E-state index in [0.717, 1.165) is 0 Å². The number of pyridine rings is 1. The molecule has 130 valence electrons. The Morgan fingerprint density at radius 3 is 2.76 bits per heavy atom. The Hall–Kier alpha value is -2.89. The second-order valence-electron chi connectivity index (χ2n) is 6.23. The average Bonchev–Trinajstić information content (AvgIpc) is 2.91. The van der Waals surface area contributed by atoms with Crippen LogP contribution < -0.4 is 5.32 Å². The van der Waals surface area contributed by atoms with Crippen molar-refractivity contribution in [1.82, 2.24) is 10.3 Å². The van der Waals surface area contributed by atoms with E-state index in [0.29, 0.717) is 6.42 Å². The summed E-state index contributed by atoms with van der Waals surface area (Å²) in [5, 5.41) is 12.2. The molecule has 0 radical (unpaired) electrons. The van der Waals surface area contributed by atoms with Crippen molar-refractivity contribution in [3.63, 3.8) is 0 Å². The molecule has 0 saturated heterocycles. The fourth-order valence-electron chi connectivity index (χ4n) is 3.05. The van der Waals surface area contributed by atoms with E-state index in [2.05, 4.69) is 10.3 Å². The van der Waals surface area contributed by atoms with Crippen LogP contribution in [0.3, 0.4) is 0 Å². The summed E-state index contributed by atoms with van der Waals surface area (Å²) in [5.74, 6) is -1.25. The van der Waals surface area contributed by atoms with Crippen molar-refractivity contribution in [2.75, 3.05) is 0 Å². The zero-order chi connectivity index (χ0) is 18.0. The topological polar surface area (TPSA) is 88.5 Å². The first-order valence-electron chi connectivity index (χ1n) is 8.20. The highest BCUT2D eigenvalue weighted by Crippen LogP contribution is 2.34. The molecule has 6 nitrogen and oxygen atoms in total. The fourth-order valence-corrected chi connectivity index (χ4v) is 3.05. The van der Waals surface area contributed by atoms with Gasteiger partial charge in [0.2, 0.25) is 0 Å². The summed E-state index contributed by atoms with van der Waals surface area (Å²) in [6.45, 7) is 3.58. The van der Waals surface area contributed by atoms with E-state index in [1.54, 1.807) is 6.92 Å². The predicted molar refractivity (Wildman–Crippen MR) is 91.3 cm³/mol. The van der Waals surface area contributed by atoms with E-state index in [1.807, 2.05) is 31.2 Å². The van der Waals surface area contributed by atoms with Crippen molar-refractivity contribution in [2.45, 2.75) is 38.3 Å². The first kappa shape index (κ1) is 17.0. The van der Waals surface area contributed by atoms with Gasteiger partial charge in [0.15, 0.2) is 5.69 Å². The summed E-state index contributed by atoms with van der Waals surface area (Å²) >= 11 is 0. The Balaban J connectivity index is 1.61. The molecule has 3 atom stereocenters. The Labute approximate surface area is 145 Å². The Morgan fingerprint density at radius 1 is 1.28 bits per heavy atom. The summed E-state index contributed by atoms with van der Waals surface area (Å²) in [4.78, 5) is 28.3. The number of esters is 1. The van der Waals surface area contributed by atoms with Crippen LogP contribution in [0.5, 0.6) is 5.75 Å². The zero-order valence-corrected chi connectivity index (χ0v) is 14.1. The van der Waals surface area contributed by atoms with Gasteiger partial charge in [0.25, 0.3) is 5.91 Å². The zero-order valence-electron chi connectivity index (χ0n) is 14.1. The van der Waals surface area contributed by atoms with Crippen molar-refractivity contribution in [3.05, 3.63) is 59.4 Å². The number of amides is 1. The number of carbonyl (C=O) groups excluding carboxylic acids is 2. The van der Waals surface area contributed by atoms with Gasteiger partial charge in [-0.15, -0.1) is 0 Å². The van der Waals surface area contributed by atoms with Crippen LogP contribution in [0, 0.1) is 0 Å².